The summed E-state index contributed by atoms with van der Waals surface area (Å²) in [5, 5.41) is 12.8. The number of nitriles is 1. The van der Waals surface area contributed by atoms with Gasteiger partial charge in [-0.15, -0.1) is 0 Å². The Morgan fingerprint density at radius 1 is 1.14 bits per heavy atom. The van der Waals surface area contributed by atoms with Crippen LogP contribution in [0, 0.1) is 11.3 Å². The molecular formula is C17H17N3O2. The molecule has 0 aliphatic rings. The van der Waals surface area contributed by atoms with Crippen LogP contribution in [-0.2, 0) is 6.54 Å². The molecule has 5 heteroatoms. The van der Waals surface area contributed by atoms with Crippen molar-refractivity contribution < 1.29 is 9.47 Å². The van der Waals surface area contributed by atoms with E-state index >= 15 is 0 Å². The summed E-state index contributed by atoms with van der Waals surface area (Å²) in [6.07, 6.45) is 1.67. The fraction of sp³-hybridized carbons (Fsp3) is 0.176. The number of hydrogen-bond acceptors (Lipinski definition) is 5. The van der Waals surface area contributed by atoms with E-state index in [1.165, 1.54) is 0 Å². The van der Waals surface area contributed by atoms with Crippen molar-refractivity contribution in [1.82, 2.24) is 5.43 Å². The Labute approximate surface area is 129 Å². The average molecular weight is 295 g/mol. The van der Waals surface area contributed by atoms with E-state index in [2.05, 4.69) is 10.5 Å². The maximum atomic E-state index is 8.58. The Bertz CT molecular complexity index is 678. The summed E-state index contributed by atoms with van der Waals surface area (Å²) in [6.45, 7) is 0.571. The zero-order chi connectivity index (χ0) is 15.6. The Morgan fingerprint density at radius 3 is 2.64 bits per heavy atom. The summed E-state index contributed by atoms with van der Waals surface area (Å²) < 4.78 is 10.6. The summed E-state index contributed by atoms with van der Waals surface area (Å²) in [4.78, 5) is 0. The lowest BCUT2D eigenvalue weighted by Crippen LogP contribution is -2.07. The molecule has 0 bridgehead atoms. The van der Waals surface area contributed by atoms with Gasteiger partial charge in [0.05, 0.1) is 19.9 Å². The second kappa shape index (κ2) is 8.32. The number of rotatable bonds is 7. The maximum absolute atomic E-state index is 8.58. The zero-order valence-electron chi connectivity index (χ0n) is 12.3. The highest BCUT2D eigenvalue weighted by atomic mass is 16.5. The van der Waals surface area contributed by atoms with Crippen molar-refractivity contribution in [1.29, 1.82) is 5.26 Å². The molecule has 2 rings (SSSR count). The highest BCUT2D eigenvalue weighted by Crippen LogP contribution is 2.17. The number of nitrogens with zero attached hydrogens (tertiary/aromatic N) is 2. The number of nitrogens with one attached hydrogen (secondary N) is 1. The first kappa shape index (κ1) is 15.4. The SMILES string of the molecule is COc1ccccc1CN/N=C\c1ccccc1OCC#N. The minimum absolute atomic E-state index is 0.0134. The third-order valence-corrected chi connectivity index (χ3v) is 2.97. The van der Waals surface area contributed by atoms with Crippen molar-refractivity contribution in [2.24, 2.45) is 5.10 Å². The molecule has 0 atom stereocenters. The average Bonchev–Trinajstić information content (AvgIpc) is 2.58. The Hall–Kier alpha value is -3.00. The number of para-hydroxylation sites is 2. The number of methoxy groups -OCH3 is 1. The lowest BCUT2D eigenvalue weighted by atomic mass is 10.2. The molecule has 0 radical (unpaired) electrons. The van der Waals surface area contributed by atoms with Gasteiger partial charge in [0.1, 0.15) is 17.6 Å². The number of benzene rings is 2. The van der Waals surface area contributed by atoms with E-state index in [1.807, 2.05) is 48.5 Å². The van der Waals surface area contributed by atoms with Gasteiger partial charge in [-0.05, 0) is 18.2 Å². The topological polar surface area (TPSA) is 66.6 Å². The highest BCUT2D eigenvalue weighted by molar-refractivity contribution is 5.83. The van der Waals surface area contributed by atoms with E-state index in [1.54, 1.807) is 19.4 Å². The van der Waals surface area contributed by atoms with E-state index in [4.69, 9.17) is 14.7 Å². The Morgan fingerprint density at radius 2 is 1.86 bits per heavy atom. The van der Waals surface area contributed by atoms with E-state index in [0.29, 0.717) is 12.3 Å². The van der Waals surface area contributed by atoms with Crippen molar-refractivity contribution in [3.8, 4) is 17.6 Å². The third-order valence-electron chi connectivity index (χ3n) is 2.97. The number of hydrogen-bond donors (Lipinski definition) is 1. The van der Waals surface area contributed by atoms with Gasteiger partial charge in [-0.25, -0.2) is 0 Å². The second-order valence-corrected chi connectivity index (χ2v) is 4.39. The van der Waals surface area contributed by atoms with Crippen LogP contribution in [0.4, 0.5) is 0 Å². The van der Waals surface area contributed by atoms with Crippen molar-refractivity contribution in [3.63, 3.8) is 0 Å². The number of ether oxygens (including phenoxy) is 2. The van der Waals surface area contributed by atoms with Gasteiger partial charge in [0.15, 0.2) is 6.61 Å². The molecule has 0 saturated carbocycles. The quantitative estimate of drug-likeness (QED) is 0.630. The smallest absolute Gasteiger partial charge is 0.174 e. The first-order valence-corrected chi connectivity index (χ1v) is 6.81. The molecule has 0 aliphatic carbocycles. The van der Waals surface area contributed by atoms with E-state index in [9.17, 15) is 0 Å². The van der Waals surface area contributed by atoms with Crippen LogP contribution < -0.4 is 14.9 Å². The Kier molecular flexibility index (Phi) is 5.82. The van der Waals surface area contributed by atoms with Crippen LogP contribution in [0.2, 0.25) is 0 Å². The van der Waals surface area contributed by atoms with Gasteiger partial charge in [-0.3, -0.25) is 0 Å². The van der Waals surface area contributed by atoms with Crippen LogP contribution in [0.25, 0.3) is 0 Å². The first-order valence-electron chi connectivity index (χ1n) is 6.81. The van der Waals surface area contributed by atoms with Crippen LogP contribution in [0.15, 0.2) is 53.6 Å². The normalized spacial score (nSPS) is 10.2. The fourth-order valence-corrected chi connectivity index (χ4v) is 1.92. The highest BCUT2D eigenvalue weighted by Gasteiger charge is 2.01. The van der Waals surface area contributed by atoms with Crippen molar-refractivity contribution in [2.45, 2.75) is 6.54 Å². The van der Waals surface area contributed by atoms with Crippen molar-refractivity contribution in [2.75, 3.05) is 13.7 Å². The van der Waals surface area contributed by atoms with Crippen LogP contribution in [0.3, 0.4) is 0 Å². The zero-order valence-corrected chi connectivity index (χ0v) is 12.3. The van der Waals surface area contributed by atoms with Gasteiger partial charge in [0, 0.05) is 11.1 Å². The molecule has 5 nitrogen and oxygen atoms in total. The molecule has 0 heterocycles. The predicted octanol–water partition coefficient (Wildman–Crippen LogP) is 2.72. The fourth-order valence-electron chi connectivity index (χ4n) is 1.92. The largest absolute Gasteiger partial charge is 0.496 e. The molecular weight excluding hydrogens is 278 g/mol. The van der Waals surface area contributed by atoms with Gasteiger partial charge in [-0.2, -0.15) is 10.4 Å². The lowest BCUT2D eigenvalue weighted by Gasteiger charge is -2.08. The van der Waals surface area contributed by atoms with Crippen molar-refractivity contribution >= 4 is 6.21 Å². The molecule has 2 aromatic rings. The molecule has 0 unspecified atom stereocenters. The monoisotopic (exact) mass is 295 g/mol. The Balaban J connectivity index is 1.97. The van der Waals surface area contributed by atoms with Gasteiger partial charge < -0.3 is 14.9 Å². The summed E-state index contributed by atoms with van der Waals surface area (Å²) in [5.74, 6) is 1.45. The lowest BCUT2D eigenvalue weighted by molar-refractivity contribution is 0.367. The van der Waals surface area contributed by atoms with E-state index in [0.717, 1.165) is 16.9 Å². The minimum Gasteiger partial charge on any atom is -0.496 e. The van der Waals surface area contributed by atoms with Crippen LogP contribution in [0.5, 0.6) is 11.5 Å². The van der Waals surface area contributed by atoms with Crippen LogP contribution in [0.1, 0.15) is 11.1 Å². The van der Waals surface area contributed by atoms with E-state index < -0.39 is 0 Å². The van der Waals surface area contributed by atoms with Crippen LogP contribution >= 0.6 is 0 Å². The van der Waals surface area contributed by atoms with Crippen molar-refractivity contribution in [3.05, 3.63) is 59.7 Å². The van der Waals surface area contributed by atoms with E-state index in [-0.39, 0.29) is 6.61 Å². The second-order valence-electron chi connectivity index (χ2n) is 4.39. The molecule has 0 aromatic heterocycles. The summed E-state index contributed by atoms with van der Waals surface area (Å²) in [6, 6.07) is 17.1. The molecule has 2 aromatic carbocycles. The van der Waals surface area contributed by atoms with Gasteiger partial charge in [0.2, 0.25) is 0 Å². The van der Waals surface area contributed by atoms with Gasteiger partial charge >= 0.3 is 0 Å². The third kappa shape index (κ3) is 4.25. The standard InChI is InChI=1S/C17H17N3O2/c1-21-16-8-4-2-6-14(16)12-19-20-13-15-7-3-5-9-17(15)22-11-10-18/h2-9,13,19H,11-12H2,1H3/b20-13-. The van der Waals surface area contributed by atoms with Gasteiger partial charge in [-0.1, -0.05) is 30.3 Å². The molecule has 0 amide bonds. The molecule has 0 aliphatic heterocycles. The summed E-state index contributed by atoms with van der Waals surface area (Å²) in [5.41, 5.74) is 4.81. The first-order chi connectivity index (χ1) is 10.8. The summed E-state index contributed by atoms with van der Waals surface area (Å²) >= 11 is 0. The molecule has 112 valence electrons. The van der Waals surface area contributed by atoms with Gasteiger partial charge in [0.25, 0.3) is 0 Å². The minimum atomic E-state index is 0.0134. The molecule has 0 saturated heterocycles. The molecule has 0 spiro atoms. The molecule has 22 heavy (non-hydrogen) atoms. The predicted molar refractivity (Wildman–Crippen MR) is 85.0 cm³/mol. The maximum Gasteiger partial charge on any atom is 0.174 e. The van der Waals surface area contributed by atoms with Crippen LogP contribution in [-0.4, -0.2) is 19.9 Å². The molecule has 1 N–H and O–H groups in total. The number of hydrazone groups is 1. The molecule has 0 fully saturated rings. The summed E-state index contributed by atoms with van der Waals surface area (Å²) in [7, 11) is 1.64.